The third-order valence-electron chi connectivity index (χ3n) is 6.86. The molecule has 38 heavy (non-hydrogen) atoms. The van der Waals surface area contributed by atoms with Crippen LogP contribution in [0.5, 0.6) is 0 Å². The van der Waals surface area contributed by atoms with E-state index in [4.69, 9.17) is 0 Å². The molecule has 9 nitrogen and oxygen atoms in total. The van der Waals surface area contributed by atoms with Crippen molar-refractivity contribution in [3.63, 3.8) is 0 Å². The molecule has 1 aromatic carbocycles. The van der Waals surface area contributed by atoms with Crippen LogP contribution in [0.15, 0.2) is 49.1 Å². The first-order valence-corrected chi connectivity index (χ1v) is 13.9. The molecular weight excluding hydrogens is 476 g/mol. The van der Waals surface area contributed by atoms with E-state index in [1.165, 1.54) is 18.4 Å². The maximum absolute atomic E-state index is 13.0. The summed E-state index contributed by atoms with van der Waals surface area (Å²) in [5.41, 5.74) is 2.07. The lowest BCUT2D eigenvalue weighted by atomic mass is 10.2. The van der Waals surface area contributed by atoms with Gasteiger partial charge in [0.25, 0.3) is 0 Å². The molecule has 0 spiro atoms. The minimum atomic E-state index is 0.0194. The fraction of sp³-hybridized carbons (Fsp3) is 0.552. The van der Waals surface area contributed by atoms with Crippen LogP contribution in [0, 0.1) is 0 Å². The van der Waals surface area contributed by atoms with E-state index in [0.29, 0.717) is 13.1 Å². The number of H-pyrrole nitrogens is 1. The topological polar surface area (TPSA) is 76.5 Å². The Hall–Kier alpha value is -3.17. The standard InChI is InChI=1S/C29H46N8O/c1-6-17-36(18-7-2)20-9-8-19-34(4)29(38)35(5)26-12-10-25(11-13-26)22-37(23-27-30-14-15-31-27)24-28-32-16-21-33(28)3/h10-16,21H,6-9,17-20,22-24H2,1-5H3,(H,30,31). The lowest BCUT2D eigenvalue weighted by Crippen LogP contribution is -2.39. The zero-order chi connectivity index (χ0) is 27.3. The summed E-state index contributed by atoms with van der Waals surface area (Å²) in [5, 5.41) is 0. The zero-order valence-electron chi connectivity index (χ0n) is 23.9. The predicted octanol–water partition coefficient (Wildman–Crippen LogP) is 4.74. The van der Waals surface area contributed by atoms with Gasteiger partial charge in [-0.15, -0.1) is 0 Å². The number of aromatic amines is 1. The average Bonchev–Trinajstić information content (AvgIpc) is 3.58. The van der Waals surface area contributed by atoms with Gasteiger partial charge in [0.1, 0.15) is 11.6 Å². The number of carbonyl (C=O) groups is 1. The van der Waals surface area contributed by atoms with Gasteiger partial charge in [-0.3, -0.25) is 9.80 Å². The second-order valence-corrected chi connectivity index (χ2v) is 10.1. The van der Waals surface area contributed by atoms with E-state index in [2.05, 4.69) is 50.7 Å². The van der Waals surface area contributed by atoms with E-state index in [9.17, 15) is 4.79 Å². The zero-order valence-corrected chi connectivity index (χ0v) is 23.9. The smallest absolute Gasteiger partial charge is 0.323 e. The van der Waals surface area contributed by atoms with Crippen LogP contribution in [0.25, 0.3) is 0 Å². The summed E-state index contributed by atoms with van der Waals surface area (Å²) in [6, 6.07) is 8.28. The van der Waals surface area contributed by atoms with Crippen molar-refractivity contribution in [1.29, 1.82) is 0 Å². The maximum atomic E-state index is 13.0. The van der Waals surface area contributed by atoms with Crippen molar-refractivity contribution in [2.75, 3.05) is 45.2 Å². The maximum Gasteiger partial charge on any atom is 0.323 e. The predicted molar refractivity (Wildman–Crippen MR) is 154 cm³/mol. The van der Waals surface area contributed by atoms with Gasteiger partial charge in [0, 0.05) is 64.7 Å². The Labute approximate surface area is 228 Å². The first-order chi connectivity index (χ1) is 18.4. The van der Waals surface area contributed by atoms with Gasteiger partial charge in [0.05, 0.1) is 13.1 Å². The molecule has 0 fully saturated rings. The number of benzene rings is 1. The van der Waals surface area contributed by atoms with E-state index >= 15 is 0 Å². The van der Waals surface area contributed by atoms with E-state index in [1.54, 1.807) is 11.1 Å². The first kappa shape index (κ1) is 29.4. The van der Waals surface area contributed by atoms with Gasteiger partial charge in [-0.25, -0.2) is 14.8 Å². The third kappa shape index (κ3) is 8.99. The van der Waals surface area contributed by atoms with Gasteiger partial charge in [-0.2, -0.15) is 0 Å². The number of aromatic nitrogens is 4. The number of nitrogens with zero attached hydrogens (tertiary/aromatic N) is 7. The number of hydrogen-bond donors (Lipinski definition) is 1. The summed E-state index contributed by atoms with van der Waals surface area (Å²) >= 11 is 0. The molecule has 0 unspecified atom stereocenters. The number of nitrogens with one attached hydrogen (secondary N) is 1. The van der Waals surface area contributed by atoms with Crippen LogP contribution in [-0.4, -0.2) is 80.5 Å². The summed E-state index contributed by atoms with van der Waals surface area (Å²) in [4.78, 5) is 33.5. The molecular formula is C29H46N8O. The van der Waals surface area contributed by atoms with Crippen molar-refractivity contribution < 1.29 is 4.79 Å². The normalized spacial score (nSPS) is 11.4. The van der Waals surface area contributed by atoms with Crippen LogP contribution in [0.4, 0.5) is 10.5 Å². The molecule has 2 aromatic heterocycles. The second kappa shape index (κ2) is 15.3. The molecule has 208 valence electrons. The van der Waals surface area contributed by atoms with Crippen molar-refractivity contribution in [2.24, 2.45) is 7.05 Å². The van der Waals surface area contributed by atoms with E-state index < -0.39 is 0 Å². The minimum absolute atomic E-state index is 0.0194. The number of imidazole rings is 2. The van der Waals surface area contributed by atoms with E-state index in [1.807, 2.05) is 61.3 Å². The lowest BCUT2D eigenvalue weighted by molar-refractivity contribution is 0.213. The second-order valence-electron chi connectivity index (χ2n) is 10.1. The van der Waals surface area contributed by atoms with Crippen LogP contribution in [0.2, 0.25) is 0 Å². The molecule has 0 atom stereocenters. The summed E-state index contributed by atoms with van der Waals surface area (Å²) in [6.07, 6.45) is 11.9. The Kier molecular flexibility index (Phi) is 11.8. The lowest BCUT2D eigenvalue weighted by Gasteiger charge is -2.26. The quantitative estimate of drug-likeness (QED) is 0.275. The molecule has 1 N–H and O–H groups in total. The van der Waals surface area contributed by atoms with Crippen LogP contribution in [0.1, 0.15) is 56.7 Å². The molecule has 2 amide bonds. The summed E-state index contributed by atoms with van der Waals surface area (Å²) in [7, 11) is 5.76. The van der Waals surface area contributed by atoms with Gasteiger partial charge >= 0.3 is 6.03 Å². The molecule has 0 aliphatic heterocycles. The minimum Gasteiger partial charge on any atom is -0.348 e. The fourth-order valence-electron chi connectivity index (χ4n) is 4.71. The Balaban J connectivity index is 1.52. The van der Waals surface area contributed by atoms with Crippen molar-refractivity contribution in [2.45, 2.75) is 59.2 Å². The molecule has 3 rings (SSSR count). The molecule has 0 aliphatic carbocycles. The van der Waals surface area contributed by atoms with Crippen LogP contribution >= 0.6 is 0 Å². The SMILES string of the molecule is CCCN(CCC)CCCCN(C)C(=O)N(C)c1ccc(CN(Cc2ncc[nH]2)Cc2nccn2C)cc1. The van der Waals surface area contributed by atoms with Gasteiger partial charge in [-0.1, -0.05) is 26.0 Å². The monoisotopic (exact) mass is 522 g/mol. The number of hydrogen-bond acceptors (Lipinski definition) is 5. The van der Waals surface area contributed by atoms with Gasteiger partial charge < -0.3 is 19.4 Å². The highest BCUT2D eigenvalue weighted by Crippen LogP contribution is 2.18. The molecule has 2 heterocycles. The summed E-state index contributed by atoms with van der Waals surface area (Å²) in [6.45, 7) is 10.8. The number of urea groups is 1. The van der Waals surface area contributed by atoms with E-state index in [0.717, 1.165) is 62.9 Å². The van der Waals surface area contributed by atoms with Crippen molar-refractivity contribution in [3.05, 3.63) is 66.3 Å². The molecule has 0 saturated heterocycles. The van der Waals surface area contributed by atoms with E-state index in [-0.39, 0.29) is 6.03 Å². The molecule has 3 aromatic rings. The van der Waals surface area contributed by atoms with Crippen LogP contribution < -0.4 is 4.90 Å². The number of carbonyl (C=O) groups excluding carboxylic acids is 1. The summed E-state index contributed by atoms with van der Waals surface area (Å²) in [5.74, 6) is 1.93. The van der Waals surface area contributed by atoms with Crippen molar-refractivity contribution in [1.82, 2.24) is 34.2 Å². The highest BCUT2D eigenvalue weighted by molar-refractivity contribution is 5.91. The number of anilines is 1. The Morgan fingerprint density at radius 2 is 1.58 bits per heavy atom. The molecule has 0 bridgehead atoms. The first-order valence-electron chi connectivity index (χ1n) is 13.9. The number of rotatable bonds is 16. The highest BCUT2D eigenvalue weighted by atomic mass is 16.2. The number of aryl methyl sites for hydroxylation is 1. The van der Waals surface area contributed by atoms with Gasteiger partial charge in [0.2, 0.25) is 0 Å². The average molecular weight is 523 g/mol. The number of amides is 2. The Morgan fingerprint density at radius 1 is 0.868 bits per heavy atom. The Bertz CT molecular complexity index is 1060. The van der Waals surface area contributed by atoms with Crippen molar-refractivity contribution >= 4 is 11.7 Å². The van der Waals surface area contributed by atoms with Crippen LogP contribution in [0.3, 0.4) is 0 Å². The van der Waals surface area contributed by atoms with Crippen LogP contribution in [-0.2, 0) is 26.7 Å². The summed E-state index contributed by atoms with van der Waals surface area (Å²) < 4.78 is 2.04. The molecule has 0 saturated carbocycles. The molecule has 0 radical (unpaired) electrons. The Morgan fingerprint density at radius 3 is 2.18 bits per heavy atom. The number of unbranched alkanes of at least 4 members (excludes halogenated alkanes) is 1. The largest absolute Gasteiger partial charge is 0.348 e. The fourth-order valence-corrected chi connectivity index (χ4v) is 4.71. The third-order valence-corrected chi connectivity index (χ3v) is 6.86. The highest BCUT2D eigenvalue weighted by Gasteiger charge is 2.17. The molecule has 9 heteroatoms. The van der Waals surface area contributed by atoms with Gasteiger partial charge in [-0.05, 0) is 63.0 Å². The van der Waals surface area contributed by atoms with Crippen molar-refractivity contribution in [3.8, 4) is 0 Å². The van der Waals surface area contributed by atoms with Gasteiger partial charge in [0.15, 0.2) is 0 Å². The molecule has 0 aliphatic rings.